The van der Waals surface area contributed by atoms with Crippen LogP contribution < -0.4 is 16.0 Å². The predicted molar refractivity (Wildman–Crippen MR) is 113 cm³/mol. The van der Waals surface area contributed by atoms with Crippen LogP contribution >= 0.6 is 12.4 Å². The number of rotatable bonds is 4. The molecule has 0 spiro atoms. The van der Waals surface area contributed by atoms with Crippen LogP contribution in [0.5, 0.6) is 0 Å². The van der Waals surface area contributed by atoms with E-state index in [0.717, 1.165) is 18.4 Å². The normalized spacial score (nSPS) is 22.5. The second-order valence-corrected chi connectivity index (χ2v) is 7.74. The van der Waals surface area contributed by atoms with Gasteiger partial charge in [0.25, 0.3) is 11.8 Å². The Kier molecular flexibility index (Phi) is 6.55. The van der Waals surface area contributed by atoms with Gasteiger partial charge in [-0.3, -0.25) is 9.59 Å². The largest absolute Gasteiger partial charge is 0.349 e. The van der Waals surface area contributed by atoms with Gasteiger partial charge >= 0.3 is 0 Å². The van der Waals surface area contributed by atoms with Crippen LogP contribution in [-0.2, 0) is 0 Å². The van der Waals surface area contributed by atoms with Crippen molar-refractivity contribution in [1.82, 2.24) is 10.6 Å². The summed E-state index contributed by atoms with van der Waals surface area (Å²) in [6.45, 7) is 1.84. The molecule has 0 saturated carbocycles. The van der Waals surface area contributed by atoms with Gasteiger partial charge in [-0.1, -0.05) is 18.2 Å². The lowest BCUT2D eigenvalue weighted by molar-refractivity contribution is 0.0922. The fourth-order valence-corrected chi connectivity index (χ4v) is 4.18. The van der Waals surface area contributed by atoms with Crippen LogP contribution in [0.25, 0.3) is 0 Å². The zero-order valence-electron chi connectivity index (χ0n) is 16.2. The molecule has 2 saturated heterocycles. The number of aryl methyl sites for hydroxylation is 1. The molecule has 0 aromatic heterocycles. The SMILES string of the molecule is Cc1ccc(C(=O)NC2CC3CCC(C2)N3)cc1NC(=O)c1ccccc1F.Cl. The molecule has 4 rings (SSSR count). The zero-order valence-corrected chi connectivity index (χ0v) is 17.0. The highest BCUT2D eigenvalue weighted by atomic mass is 35.5. The molecule has 2 fully saturated rings. The third-order valence-electron chi connectivity index (χ3n) is 5.67. The number of anilines is 1. The van der Waals surface area contributed by atoms with Crippen LogP contribution in [0.4, 0.5) is 10.1 Å². The maximum atomic E-state index is 13.8. The van der Waals surface area contributed by atoms with Crippen molar-refractivity contribution < 1.29 is 14.0 Å². The second-order valence-electron chi connectivity index (χ2n) is 7.74. The molecule has 2 atom stereocenters. The van der Waals surface area contributed by atoms with E-state index in [0.29, 0.717) is 23.3 Å². The number of nitrogens with one attached hydrogen (secondary N) is 3. The van der Waals surface area contributed by atoms with Gasteiger partial charge < -0.3 is 16.0 Å². The molecule has 7 heteroatoms. The zero-order chi connectivity index (χ0) is 19.7. The average molecular weight is 418 g/mol. The molecule has 2 bridgehead atoms. The average Bonchev–Trinajstić information content (AvgIpc) is 3.02. The van der Waals surface area contributed by atoms with Crippen molar-refractivity contribution in [2.24, 2.45) is 0 Å². The number of benzene rings is 2. The number of carbonyl (C=O) groups excluding carboxylic acids is 2. The van der Waals surface area contributed by atoms with Crippen LogP contribution in [0.3, 0.4) is 0 Å². The van der Waals surface area contributed by atoms with Crippen LogP contribution in [0, 0.1) is 12.7 Å². The monoisotopic (exact) mass is 417 g/mol. The van der Waals surface area contributed by atoms with Gasteiger partial charge in [-0.05, 0) is 62.4 Å². The molecule has 2 aromatic rings. The summed E-state index contributed by atoms with van der Waals surface area (Å²) in [4.78, 5) is 25.1. The summed E-state index contributed by atoms with van der Waals surface area (Å²) < 4.78 is 13.8. The molecule has 2 unspecified atom stereocenters. The van der Waals surface area contributed by atoms with Crippen LogP contribution in [-0.4, -0.2) is 29.9 Å². The molecule has 0 aliphatic carbocycles. The van der Waals surface area contributed by atoms with Gasteiger partial charge in [0.05, 0.1) is 5.56 Å². The van der Waals surface area contributed by atoms with Crippen molar-refractivity contribution in [2.75, 3.05) is 5.32 Å². The Morgan fingerprint density at radius 3 is 2.41 bits per heavy atom. The minimum absolute atomic E-state index is 0. The fraction of sp³-hybridized carbons (Fsp3) is 0.364. The maximum absolute atomic E-state index is 13.8. The molecular formula is C22H25ClFN3O2. The lowest BCUT2D eigenvalue weighted by Crippen LogP contribution is -2.48. The van der Waals surface area contributed by atoms with E-state index in [4.69, 9.17) is 0 Å². The van der Waals surface area contributed by atoms with Crippen LogP contribution in [0.15, 0.2) is 42.5 Å². The standard InChI is InChI=1S/C22H24FN3O2.ClH/c1-13-6-7-14(21(27)25-17-11-15-8-9-16(12-17)24-15)10-20(13)26-22(28)18-4-2-3-5-19(18)23;/h2-7,10,15-17,24H,8-9,11-12H2,1H3,(H,25,27)(H,26,28);1H. The number of carbonyl (C=O) groups is 2. The summed E-state index contributed by atoms with van der Waals surface area (Å²) in [5, 5.41) is 9.41. The number of fused-ring (bicyclic) bond motifs is 2. The van der Waals surface area contributed by atoms with E-state index in [-0.39, 0.29) is 29.9 Å². The first-order chi connectivity index (χ1) is 13.5. The third-order valence-corrected chi connectivity index (χ3v) is 5.67. The Labute approximate surface area is 175 Å². The predicted octanol–water partition coefficient (Wildman–Crippen LogP) is 3.82. The number of amides is 2. The van der Waals surface area contributed by atoms with Gasteiger partial charge in [0.2, 0.25) is 0 Å². The highest BCUT2D eigenvalue weighted by Crippen LogP contribution is 2.27. The lowest BCUT2D eigenvalue weighted by atomic mass is 9.99. The summed E-state index contributed by atoms with van der Waals surface area (Å²) in [6, 6.07) is 12.2. The first-order valence-electron chi connectivity index (χ1n) is 9.73. The Hall–Kier alpha value is -2.44. The summed E-state index contributed by atoms with van der Waals surface area (Å²) in [5.41, 5.74) is 1.77. The molecule has 2 heterocycles. The van der Waals surface area contributed by atoms with Crippen molar-refractivity contribution in [3.63, 3.8) is 0 Å². The Bertz CT molecular complexity index is 909. The second kappa shape index (κ2) is 8.93. The molecule has 5 nitrogen and oxygen atoms in total. The van der Waals surface area contributed by atoms with Crippen molar-refractivity contribution in [1.29, 1.82) is 0 Å². The van der Waals surface area contributed by atoms with Crippen LogP contribution in [0.1, 0.15) is 52.0 Å². The number of hydrogen-bond donors (Lipinski definition) is 3. The smallest absolute Gasteiger partial charge is 0.258 e. The molecule has 2 aliphatic heterocycles. The fourth-order valence-electron chi connectivity index (χ4n) is 4.18. The van der Waals surface area contributed by atoms with Gasteiger partial charge in [-0.15, -0.1) is 12.4 Å². The van der Waals surface area contributed by atoms with Gasteiger partial charge in [-0.2, -0.15) is 0 Å². The molecule has 29 heavy (non-hydrogen) atoms. The van der Waals surface area contributed by atoms with E-state index < -0.39 is 11.7 Å². The van der Waals surface area contributed by atoms with Gasteiger partial charge in [0, 0.05) is 29.4 Å². The van der Waals surface area contributed by atoms with E-state index >= 15 is 0 Å². The summed E-state index contributed by atoms with van der Waals surface area (Å²) in [6.07, 6.45) is 4.25. The maximum Gasteiger partial charge on any atom is 0.258 e. The van der Waals surface area contributed by atoms with Crippen molar-refractivity contribution in [3.8, 4) is 0 Å². The minimum Gasteiger partial charge on any atom is -0.349 e. The lowest BCUT2D eigenvalue weighted by Gasteiger charge is -2.29. The van der Waals surface area contributed by atoms with E-state index in [1.807, 2.05) is 6.92 Å². The molecule has 154 valence electrons. The van der Waals surface area contributed by atoms with E-state index in [1.165, 1.54) is 31.0 Å². The first-order valence-corrected chi connectivity index (χ1v) is 9.73. The highest BCUT2D eigenvalue weighted by Gasteiger charge is 2.34. The van der Waals surface area contributed by atoms with Crippen molar-refractivity contribution in [3.05, 3.63) is 65.0 Å². The molecule has 3 N–H and O–H groups in total. The third kappa shape index (κ3) is 4.77. The van der Waals surface area contributed by atoms with Gasteiger partial charge in [0.15, 0.2) is 0 Å². The molecule has 2 aromatic carbocycles. The molecule has 0 radical (unpaired) electrons. The summed E-state index contributed by atoms with van der Waals surface area (Å²) in [7, 11) is 0. The number of halogens is 2. The van der Waals surface area contributed by atoms with E-state index in [1.54, 1.807) is 24.3 Å². The van der Waals surface area contributed by atoms with Gasteiger partial charge in [0.1, 0.15) is 5.82 Å². The topological polar surface area (TPSA) is 70.2 Å². The van der Waals surface area contributed by atoms with Crippen molar-refractivity contribution >= 4 is 29.9 Å². The van der Waals surface area contributed by atoms with Gasteiger partial charge in [-0.25, -0.2) is 4.39 Å². The van der Waals surface area contributed by atoms with E-state index in [2.05, 4.69) is 16.0 Å². The minimum atomic E-state index is -0.577. The number of hydrogen-bond acceptors (Lipinski definition) is 3. The van der Waals surface area contributed by atoms with E-state index in [9.17, 15) is 14.0 Å². The highest BCUT2D eigenvalue weighted by molar-refractivity contribution is 6.05. The van der Waals surface area contributed by atoms with Crippen LogP contribution in [0.2, 0.25) is 0 Å². The Morgan fingerprint density at radius 1 is 1.03 bits per heavy atom. The summed E-state index contributed by atoms with van der Waals surface area (Å²) in [5.74, 6) is -1.26. The summed E-state index contributed by atoms with van der Waals surface area (Å²) >= 11 is 0. The Balaban J connectivity index is 0.00000240. The molecule has 2 aliphatic rings. The Morgan fingerprint density at radius 2 is 1.72 bits per heavy atom. The molecule has 2 amide bonds. The quantitative estimate of drug-likeness (QED) is 0.708. The number of piperidine rings is 1. The first kappa shape index (κ1) is 21.3. The molecular weight excluding hydrogens is 393 g/mol. The van der Waals surface area contributed by atoms with Crippen molar-refractivity contribution in [2.45, 2.75) is 50.7 Å².